The highest BCUT2D eigenvalue weighted by Crippen LogP contribution is 2.24. The molecule has 0 spiro atoms. The maximum absolute atomic E-state index is 12.8. The topological polar surface area (TPSA) is 186 Å². The number of aliphatic hydroxyl groups excluding tert-OH is 3. The van der Waals surface area contributed by atoms with Crippen molar-refractivity contribution in [2.75, 3.05) is 19.0 Å². The molecule has 0 aromatic rings. The van der Waals surface area contributed by atoms with Crippen molar-refractivity contribution in [1.29, 1.82) is 0 Å². The van der Waals surface area contributed by atoms with Crippen molar-refractivity contribution in [3.8, 4) is 0 Å². The van der Waals surface area contributed by atoms with Gasteiger partial charge in [0.05, 0.1) is 6.61 Å². The number of allylic oxidation sites excluding steroid dienone is 4. The molecule has 0 radical (unpaired) electrons. The van der Waals surface area contributed by atoms with Gasteiger partial charge in [0, 0.05) is 12.8 Å². The SMILES string of the molecule is CCCCCC/C=C/CCCCCCCC(=O)OC[C@H](CO[C@H]1O[C@H](CS(=O)(=O)O)[C@@H](O)C(O)C1O)OC(=O)CCCCC/C=C/CCCCCCCCCC. The Labute approximate surface area is 338 Å². The summed E-state index contributed by atoms with van der Waals surface area (Å²) in [7, 11) is -4.60. The van der Waals surface area contributed by atoms with E-state index in [1.54, 1.807) is 0 Å². The van der Waals surface area contributed by atoms with E-state index in [0.717, 1.165) is 64.2 Å². The molecule has 0 amide bonds. The zero-order valence-corrected chi connectivity index (χ0v) is 35.6. The normalized spacial score (nSPS) is 20.9. The van der Waals surface area contributed by atoms with Gasteiger partial charge < -0.3 is 34.3 Å². The van der Waals surface area contributed by atoms with Crippen molar-refractivity contribution >= 4 is 22.1 Å². The van der Waals surface area contributed by atoms with Gasteiger partial charge in [-0.25, -0.2) is 0 Å². The number of carbonyl (C=O) groups excluding carboxylic acids is 2. The Kier molecular flexibility index (Phi) is 31.7. The quantitative estimate of drug-likeness (QED) is 0.0205. The van der Waals surface area contributed by atoms with Crippen molar-refractivity contribution in [3.05, 3.63) is 24.3 Å². The van der Waals surface area contributed by atoms with Crippen molar-refractivity contribution < 1.29 is 56.8 Å². The van der Waals surface area contributed by atoms with Crippen LogP contribution in [0.1, 0.15) is 181 Å². The molecule has 1 aliphatic rings. The van der Waals surface area contributed by atoms with Gasteiger partial charge >= 0.3 is 11.9 Å². The van der Waals surface area contributed by atoms with E-state index < -0.39 is 71.2 Å². The van der Waals surface area contributed by atoms with Crippen LogP contribution in [0.15, 0.2) is 24.3 Å². The average Bonchev–Trinajstić information content (AvgIpc) is 3.16. The number of ether oxygens (including phenoxy) is 4. The van der Waals surface area contributed by atoms with Gasteiger partial charge in [-0.3, -0.25) is 14.1 Å². The Bertz CT molecular complexity index is 1140. The molecule has 13 heteroatoms. The van der Waals surface area contributed by atoms with Crippen LogP contribution in [0.3, 0.4) is 0 Å². The van der Waals surface area contributed by atoms with Crippen molar-refractivity contribution in [2.24, 2.45) is 0 Å². The molecule has 0 bridgehead atoms. The molecule has 1 heterocycles. The second-order valence-corrected chi connectivity index (χ2v) is 16.9. The zero-order valence-electron chi connectivity index (χ0n) is 34.7. The third kappa shape index (κ3) is 28.5. The summed E-state index contributed by atoms with van der Waals surface area (Å²) >= 11 is 0. The van der Waals surface area contributed by atoms with E-state index in [-0.39, 0.29) is 19.4 Å². The average molecular weight is 819 g/mol. The lowest BCUT2D eigenvalue weighted by molar-refractivity contribution is -0.297. The van der Waals surface area contributed by atoms with Crippen molar-refractivity contribution in [1.82, 2.24) is 0 Å². The lowest BCUT2D eigenvalue weighted by atomic mass is 10.00. The number of hydrogen-bond donors (Lipinski definition) is 4. The molecule has 0 aliphatic carbocycles. The first-order valence-electron chi connectivity index (χ1n) is 21.9. The molecule has 0 aromatic carbocycles. The third-order valence-corrected chi connectivity index (χ3v) is 10.8. The Hall–Kier alpha value is -1.87. The molecule has 0 aromatic heterocycles. The monoisotopic (exact) mass is 819 g/mol. The molecule has 6 atom stereocenters. The molecule has 0 saturated carbocycles. The number of unbranched alkanes of at least 4 members (excludes halogenated alkanes) is 20. The molecular weight excluding hydrogens is 741 g/mol. The summed E-state index contributed by atoms with van der Waals surface area (Å²) in [5, 5.41) is 30.8. The highest BCUT2D eigenvalue weighted by Gasteiger charge is 2.46. The van der Waals surface area contributed by atoms with E-state index in [4.69, 9.17) is 18.9 Å². The summed E-state index contributed by atoms with van der Waals surface area (Å²) in [5.74, 6) is -2.01. The van der Waals surface area contributed by atoms with Gasteiger partial charge in [-0.05, 0) is 64.2 Å². The molecule has 2 unspecified atom stereocenters. The largest absolute Gasteiger partial charge is 0.462 e. The first-order valence-corrected chi connectivity index (χ1v) is 23.5. The minimum atomic E-state index is -4.60. The Morgan fingerprint density at radius 2 is 1.02 bits per heavy atom. The molecule has 12 nitrogen and oxygen atoms in total. The molecule has 328 valence electrons. The summed E-state index contributed by atoms with van der Waals surface area (Å²) in [4.78, 5) is 25.3. The Morgan fingerprint density at radius 1 is 0.589 bits per heavy atom. The van der Waals surface area contributed by atoms with Gasteiger partial charge in [0.1, 0.15) is 36.8 Å². The predicted molar refractivity (Wildman–Crippen MR) is 220 cm³/mol. The van der Waals surface area contributed by atoms with E-state index in [9.17, 15) is 37.9 Å². The first-order chi connectivity index (χ1) is 27.0. The fourth-order valence-electron chi connectivity index (χ4n) is 6.55. The van der Waals surface area contributed by atoms with E-state index in [1.807, 2.05) is 0 Å². The fourth-order valence-corrected chi connectivity index (χ4v) is 7.24. The lowest BCUT2D eigenvalue weighted by Crippen LogP contribution is -2.60. The van der Waals surface area contributed by atoms with Gasteiger partial charge in [-0.2, -0.15) is 8.42 Å². The van der Waals surface area contributed by atoms with Gasteiger partial charge in [0.25, 0.3) is 10.1 Å². The van der Waals surface area contributed by atoms with E-state index >= 15 is 0 Å². The van der Waals surface area contributed by atoms with Crippen molar-refractivity contribution in [2.45, 2.75) is 218 Å². The summed E-state index contributed by atoms with van der Waals surface area (Å²) in [6.45, 7) is 3.71. The number of hydrogen-bond acceptors (Lipinski definition) is 11. The van der Waals surface area contributed by atoms with Crippen LogP contribution >= 0.6 is 0 Å². The molecule has 4 N–H and O–H groups in total. The van der Waals surface area contributed by atoms with Crippen LogP contribution in [0.5, 0.6) is 0 Å². The third-order valence-electron chi connectivity index (χ3n) is 10.0. The van der Waals surface area contributed by atoms with Crippen molar-refractivity contribution in [3.63, 3.8) is 0 Å². The summed E-state index contributed by atoms with van der Waals surface area (Å²) in [6.07, 6.45) is 26.6. The van der Waals surface area contributed by atoms with E-state index in [1.165, 1.54) is 77.0 Å². The maximum Gasteiger partial charge on any atom is 0.306 e. The predicted octanol–water partition coefficient (Wildman–Crippen LogP) is 8.45. The van der Waals surface area contributed by atoms with Gasteiger partial charge in [-0.1, -0.05) is 128 Å². The molecule has 56 heavy (non-hydrogen) atoms. The fraction of sp³-hybridized carbons (Fsp3) is 0.860. The first kappa shape index (κ1) is 52.1. The van der Waals surface area contributed by atoms with Crippen LogP contribution in [0.4, 0.5) is 0 Å². The van der Waals surface area contributed by atoms with Crippen LogP contribution in [-0.2, 0) is 38.7 Å². The lowest BCUT2D eigenvalue weighted by Gasteiger charge is -2.40. The van der Waals surface area contributed by atoms with Gasteiger partial charge in [-0.15, -0.1) is 0 Å². The molecule has 1 fully saturated rings. The maximum atomic E-state index is 12.8. The van der Waals surface area contributed by atoms with Crippen LogP contribution < -0.4 is 0 Å². The number of rotatable bonds is 36. The van der Waals surface area contributed by atoms with Crippen LogP contribution in [0, 0.1) is 0 Å². The van der Waals surface area contributed by atoms with Gasteiger partial charge in [0.2, 0.25) is 0 Å². The highest BCUT2D eigenvalue weighted by atomic mass is 32.2. The second kappa shape index (κ2) is 34.0. The van der Waals surface area contributed by atoms with E-state index in [2.05, 4.69) is 38.2 Å². The van der Waals surface area contributed by atoms with Crippen LogP contribution in [0.25, 0.3) is 0 Å². The second-order valence-electron chi connectivity index (χ2n) is 15.4. The standard InChI is InChI=1S/C43H78O12S/c1-3-5-7-9-11-13-15-17-18-20-22-24-26-28-30-32-39(45)54-36(34-53-43-42(48)41(47)40(46)37(55-43)35-56(49,50)51)33-52-38(44)31-29-27-25-23-21-19-16-14-12-10-8-6-4-2/h14,16,20,22,36-37,40-43,46-48H,3-13,15,17-19,21,23-35H2,1-2H3,(H,49,50,51)/b16-14+,22-20+/t36-,37-,40-,41?,42?,43+/m1/s1. The minimum Gasteiger partial charge on any atom is -0.462 e. The van der Waals surface area contributed by atoms with Crippen LogP contribution in [-0.4, -0.2) is 96.0 Å². The number of aliphatic hydroxyl groups is 3. The number of carbonyl (C=O) groups is 2. The zero-order chi connectivity index (χ0) is 41.3. The Morgan fingerprint density at radius 3 is 1.52 bits per heavy atom. The molecular formula is C43H78O12S. The van der Waals surface area contributed by atoms with Gasteiger partial charge in [0.15, 0.2) is 12.4 Å². The minimum absolute atomic E-state index is 0.144. The van der Waals surface area contributed by atoms with Crippen LogP contribution in [0.2, 0.25) is 0 Å². The van der Waals surface area contributed by atoms with E-state index in [0.29, 0.717) is 12.8 Å². The summed E-state index contributed by atoms with van der Waals surface area (Å²) in [5.41, 5.74) is 0. The summed E-state index contributed by atoms with van der Waals surface area (Å²) < 4.78 is 53.9. The molecule has 1 rings (SSSR count). The summed E-state index contributed by atoms with van der Waals surface area (Å²) in [6, 6.07) is 0. The Balaban J connectivity index is 2.49. The molecule has 1 saturated heterocycles. The number of esters is 2. The highest BCUT2D eigenvalue weighted by molar-refractivity contribution is 7.85. The smallest absolute Gasteiger partial charge is 0.306 e. The molecule has 1 aliphatic heterocycles.